The van der Waals surface area contributed by atoms with Crippen LogP contribution in [0.2, 0.25) is 0 Å². The Morgan fingerprint density at radius 3 is 2.52 bits per heavy atom. The number of rotatable bonds is 5. The summed E-state index contributed by atoms with van der Waals surface area (Å²) in [6.07, 6.45) is 2.04. The van der Waals surface area contributed by atoms with Crippen molar-refractivity contribution in [1.29, 1.82) is 0 Å². The Morgan fingerprint density at radius 1 is 1.14 bits per heavy atom. The molecule has 0 bridgehead atoms. The number of hydrogen-bond donors (Lipinski definition) is 2. The zero-order valence-electron chi connectivity index (χ0n) is 12.1. The first-order valence-electron chi connectivity index (χ1n) is 6.53. The number of carbonyl (C=O) groups excluding carboxylic acids is 1. The molecule has 0 aliphatic rings. The Labute approximate surface area is 128 Å². The second kappa shape index (κ2) is 7.59. The number of amides is 2. The molecule has 0 aliphatic heterocycles. The van der Waals surface area contributed by atoms with Gasteiger partial charge < -0.3 is 15.4 Å². The number of nitrogens with one attached hydrogen (secondary N) is 2. The highest BCUT2D eigenvalue weighted by Crippen LogP contribution is 2.22. The average molecular weight is 302 g/mol. The fraction of sp³-hybridized carbons (Fsp3) is 0.188. The number of anilines is 1. The van der Waals surface area contributed by atoms with Gasteiger partial charge in [0, 0.05) is 11.4 Å². The van der Waals surface area contributed by atoms with E-state index < -0.39 is 0 Å². The maximum absolute atomic E-state index is 11.9. The number of carbonyl (C=O) groups is 1. The highest BCUT2D eigenvalue weighted by atomic mass is 32.2. The molecule has 0 aromatic heterocycles. The summed E-state index contributed by atoms with van der Waals surface area (Å²) in [6, 6.07) is 15.1. The van der Waals surface area contributed by atoms with Crippen LogP contribution in [-0.4, -0.2) is 19.4 Å². The number of benzene rings is 2. The quantitative estimate of drug-likeness (QED) is 0.827. The van der Waals surface area contributed by atoms with Crippen LogP contribution in [-0.2, 0) is 6.54 Å². The second-order valence-electron chi connectivity index (χ2n) is 4.36. The van der Waals surface area contributed by atoms with E-state index in [4.69, 9.17) is 4.74 Å². The van der Waals surface area contributed by atoms with Crippen molar-refractivity contribution in [3.05, 3.63) is 54.1 Å². The van der Waals surface area contributed by atoms with E-state index >= 15 is 0 Å². The van der Waals surface area contributed by atoms with Gasteiger partial charge in [-0.15, -0.1) is 11.8 Å². The molecule has 2 aromatic rings. The number of para-hydroxylation sites is 2. The summed E-state index contributed by atoms with van der Waals surface area (Å²) < 4.78 is 5.19. The zero-order chi connectivity index (χ0) is 15.1. The Morgan fingerprint density at radius 2 is 1.86 bits per heavy atom. The van der Waals surface area contributed by atoms with E-state index in [0.717, 1.165) is 5.56 Å². The topological polar surface area (TPSA) is 50.4 Å². The van der Waals surface area contributed by atoms with Gasteiger partial charge in [-0.05, 0) is 36.1 Å². The summed E-state index contributed by atoms with van der Waals surface area (Å²) in [5.41, 5.74) is 1.71. The number of hydrogen-bond acceptors (Lipinski definition) is 3. The van der Waals surface area contributed by atoms with Crippen molar-refractivity contribution in [3.8, 4) is 5.75 Å². The average Bonchev–Trinajstić information content (AvgIpc) is 2.54. The predicted octanol–water partition coefficient (Wildman–Crippen LogP) is 3.74. The van der Waals surface area contributed by atoms with Gasteiger partial charge in [0.25, 0.3) is 0 Å². The molecule has 0 aliphatic carbocycles. The number of ether oxygens (including phenoxy) is 1. The standard InChI is InChI=1S/C16H18N2O2S/c1-20-15-6-4-3-5-14(15)18-16(19)17-11-12-7-9-13(21-2)10-8-12/h3-10H,11H2,1-2H3,(H2,17,18,19). The van der Waals surface area contributed by atoms with E-state index in [1.807, 2.05) is 42.7 Å². The van der Waals surface area contributed by atoms with Crippen LogP contribution in [0.1, 0.15) is 5.56 Å². The largest absolute Gasteiger partial charge is 0.495 e. The monoisotopic (exact) mass is 302 g/mol. The number of methoxy groups -OCH3 is 1. The molecule has 5 heteroatoms. The van der Waals surface area contributed by atoms with E-state index in [2.05, 4.69) is 10.6 Å². The van der Waals surface area contributed by atoms with E-state index in [1.165, 1.54) is 4.90 Å². The first-order valence-corrected chi connectivity index (χ1v) is 7.76. The van der Waals surface area contributed by atoms with Crippen molar-refractivity contribution >= 4 is 23.5 Å². The van der Waals surface area contributed by atoms with Crippen molar-refractivity contribution < 1.29 is 9.53 Å². The molecule has 0 saturated carbocycles. The van der Waals surface area contributed by atoms with E-state index in [9.17, 15) is 4.79 Å². The number of urea groups is 1. The lowest BCUT2D eigenvalue weighted by molar-refractivity contribution is 0.251. The van der Waals surface area contributed by atoms with Gasteiger partial charge in [-0.2, -0.15) is 0 Å². The molecule has 0 fully saturated rings. The van der Waals surface area contributed by atoms with Gasteiger partial charge in [-0.25, -0.2) is 4.79 Å². The maximum Gasteiger partial charge on any atom is 0.319 e. The molecule has 2 N–H and O–H groups in total. The highest BCUT2D eigenvalue weighted by molar-refractivity contribution is 7.98. The molecular weight excluding hydrogens is 284 g/mol. The SMILES string of the molecule is COc1ccccc1NC(=O)NCc1ccc(SC)cc1. The Bertz CT molecular complexity index is 599. The lowest BCUT2D eigenvalue weighted by Crippen LogP contribution is -2.28. The summed E-state index contributed by atoms with van der Waals surface area (Å²) in [4.78, 5) is 13.1. The van der Waals surface area contributed by atoms with Gasteiger partial charge in [0.2, 0.25) is 0 Å². The Balaban J connectivity index is 1.89. The van der Waals surface area contributed by atoms with Gasteiger partial charge in [-0.1, -0.05) is 24.3 Å². The van der Waals surface area contributed by atoms with Gasteiger partial charge in [0.15, 0.2) is 0 Å². The van der Waals surface area contributed by atoms with Crippen molar-refractivity contribution in [2.75, 3.05) is 18.7 Å². The minimum atomic E-state index is -0.256. The lowest BCUT2D eigenvalue weighted by Gasteiger charge is -2.11. The minimum Gasteiger partial charge on any atom is -0.495 e. The molecule has 0 spiro atoms. The fourth-order valence-electron chi connectivity index (χ4n) is 1.84. The molecule has 21 heavy (non-hydrogen) atoms. The Kier molecular flexibility index (Phi) is 5.51. The van der Waals surface area contributed by atoms with Crippen LogP contribution in [0.15, 0.2) is 53.4 Å². The van der Waals surface area contributed by atoms with E-state index in [0.29, 0.717) is 18.0 Å². The number of thioether (sulfide) groups is 1. The van der Waals surface area contributed by atoms with Crippen molar-refractivity contribution in [2.24, 2.45) is 0 Å². The Hall–Kier alpha value is -2.14. The van der Waals surface area contributed by atoms with Crippen LogP contribution >= 0.6 is 11.8 Å². The molecule has 0 unspecified atom stereocenters. The molecule has 2 rings (SSSR count). The smallest absolute Gasteiger partial charge is 0.319 e. The normalized spacial score (nSPS) is 10.0. The summed E-state index contributed by atoms with van der Waals surface area (Å²) in [5.74, 6) is 0.636. The minimum absolute atomic E-state index is 0.256. The fourth-order valence-corrected chi connectivity index (χ4v) is 2.25. The molecule has 0 atom stereocenters. The molecule has 4 nitrogen and oxygen atoms in total. The van der Waals surface area contributed by atoms with Crippen LogP contribution < -0.4 is 15.4 Å². The van der Waals surface area contributed by atoms with Crippen LogP contribution in [0.3, 0.4) is 0 Å². The van der Waals surface area contributed by atoms with Gasteiger partial charge in [0.1, 0.15) is 5.75 Å². The van der Waals surface area contributed by atoms with Crippen molar-refractivity contribution in [1.82, 2.24) is 5.32 Å². The van der Waals surface area contributed by atoms with Gasteiger partial charge in [0.05, 0.1) is 12.8 Å². The van der Waals surface area contributed by atoms with Crippen LogP contribution in [0.4, 0.5) is 10.5 Å². The first-order chi connectivity index (χ1) is 10.2. The van der Waals surface area contributed by atoms with Crippen molar-refractivity contribution in [3.63, 3.8) is 0 Å². The second-order valence-corrected chi connectivity index (χ2v) is 5.24. The highest BCUT2D eigenvalue weighted by Gasteiger charge is 2.06. The maximum atomic E-state index is 11.9. The lowest BCUT2D eigenvalue weighted by atomic mass is 10.2. The molecule has 2 amide bonds. The molecule has 110 valence electrons. The summed E-state index contributed by atoms with van der Waals surface area (Å²) in [5, 5.41) is 5.60. The summed E-state index contributed by atoms with van der Waals surface area (Å²) >= 11 is 1.69. The third-order valence-electron chi connectivity index (χ3n) is 2.97. The predicted molar refractivity (Wildman–Crippen MR) is 87.1 cm³/mol. The molecular formula is C16H18N2O2S. The van der Waals surface area contributed by atoms with E-state index in [-0.39, 0.29) is 6.03 Å². The van der Waals surface area contributed by atoms with Gasteiger partial charge in [-0.3, -0.25) is 0 Å². The van der Waals surface area contributed by atoms with Crippen molar-refractivity contribution in [2.45, 2.75) is 11.4 Å². The zero-order valence-corrected chi connectivity index (χ0v) is 12.9. The summed E-state index contributed by atoms with van der Waals surface area (Å²) in [7, 11) is 1.58. The first kappa shape index (κ1) is 15.3. The van der Waals surface area contributed by atoms with Crippen LogP contribution in [0.5, 0.6) is 5.75 Å². The van der Waals surface area contributed by atoms with E-state index in [1.54, 1.807) is 31.0 Å². The third kappa shape index (κ3) is 4.43. The van der Waals surface area contributed by atoms with Crippen LogP contribution in [0.25, 0.3) is 0 Å². The van der Waals surface area contributed by atoms with Gasteiger partial charge >= 0.3 is 6.03 Å². The molecule has 0 radical (unpaired) electrons. The molecule has 0 heterocycles. The van der Waals surface area contributed by atoms with Crippen LogP contribution in [0, 0.1) is 0 Å². The summed E-state index contributed by atoms with van der Waals surface area (Å²) in [6.45, 7) is 0.482. The molecule has 2 aromatic carbocycles. The third-order valence-corrected chi connectivity index (χ3v) is 3.71. The molecule has 0 saturated heterocycles.